The van der Waals surface area contributed by atoms with E-state index in [1.54, 1.807) is 0 Å². The van der Waals surface area contributed by atoms with Crippen LogP contribution in [0.25, 0.3) is 49.2 Å². The molecule has 2 aromatic heterocycles. The predicted molar refractivity (Wildman–Crippen MR) is 118 cm³/mol. The van der Waals surface area contributed by atoms with Gasteiger partial charge in [0.1, 0.15) is 0 Å². The molecule has 1 N–H and O–H groups in total. The second-order valence-corrected chi connectivity index (χ2v) is 7.84. The highest BCUT2D eigenvalue weighted by molar-refractivity contribution is 9.10. The van der Waals surface area contributed by atoms with E-state index in [4.69, 9.17) is 0 Å². The SMILES string of the molecule is Brc1ccc2[nH]c3ccc4c(ccc5ccn(-c6ccccc6)c54)c3c2c1. The lowest BCUT2D eigenvalue weighted by molar-refractivity contribution is 1.13. The van der Waals surface area contributed by atoms with Crippen molar-refractivity contribution in [2.24, 2.45) is 0 Å². The van der Waals surface area contributed by atoms with Crippen molar-refractivity contribution >= 4 is 59.4 Å². The van der Waals surface area contributed by atoms with Crippen molar-refractivity contribution in [3.63, 3.8) is 0 Å². The molecule has 0 fully saturated rings. The lowest BCUT2D eigenvalue weighted by atomic mass is 10.0. The Bertz CT molecular complexity index is 1470. The van der Waals surface area contributed by atoms with Gasteiger partial charge in [0.2, 0.25) is 0 Å². The van der Waals surface area contributed by atoms with Crippen LogP contribution in [0.3, 0.4) is 0 Å². The Kier molecular flexibility index (Phi) is 3.06. The molecule has 6 rings (SSSR count). The zero-order valence-corrected chi connectivity index (χ0v) is 16.0. The molecular formula is C24H15BrN2. The van der Waals surface area contributed by atoms with Crippen molar-refractivity contribution < 1.29 is 0 Å². The van der Waals surface area contributed by atoms with Crippen LogP contribution in [0.15, 0.2) is 89.5 Å². The van der Waals surface area contributed by atoms with Gasteiger partial charge in [-0.3, -0.25) is 0 Å². The summed E-state index contributed by atoms with van der Waals surface area (Å²) >= 11 is 3.62. The first-order valence-corrected chi connectivity index (χ1v) is 9.78. The molecule has 0 saturated heterocycles. The average Bonchev–Trinajstić information content (AvgIpc) is 3.29. The van der Waals surface area contributed by atoms with E-state index < -0.39 is 0 Å². The molecule has 0 aliphatic carbocycles. The van der Waals surface area contributed by atoms with Crippen LogP contribution in [-0.4, -0.2) is 9.55 Å². The lowest BCUT2D eigenvalue weighted by Gasteiger charge is -2.09. The minimum Gasteiger partial charge on any atom is -0.354 e. The number of hydrogen-bond donors (Lipinski definition) is 1. The van der Waals surface area contributed by atoms with Crippen molar-refractivity contribution in [3.05, 3.63) is 89.5 Å². The summed E-state index contributed by atoms with van der Waals surface area (Å²) in [7, 11) is 0. The molecule has 6 aromatic rings. The summed E-state index contributed by atoms with van der Waals surface area (Å²) in [6.07, 6.45) is 2.16. The van der Waals surface area contributed by atoms with Crippen molar-refractivity contribution in [3.8, 4) is 5.69 Å². The molecule has 0 radical (unpaired) electrons. The molecule has 0 unspecified atom stereocenters. The number of aromatic amines is 1. The van der Waals surface area contributed by atoms with E-state index in [2.05, 4.69) is 111 Å². The molecule has 0 spiro atoms. The summed E-state index contributed by atoms with van der Waals surface area (Å²) in [4.78, 5) is 3.56. The van der Waals surface area contributed by atoms with Gasteiger partial charge >= 0.3 is 0 Å². The van der Waals surface area contributed by atoms with Crippen molar-refractivity contribution in [1.82, 2.24) is 9.55 Å². The molecule has 3 heteroatoms. The van der Waals surface area contributed by atoms with Gasteiger partial charge in [0.15, 0.2) is 0 Å². The second-order valence-electron chi connectivity index (χ2n) is 6.92. The first kappa shape index (κ1) is 15.1. The molecule has 128 valence electrons. The third-order valence-electron chi connectivity index (χ3n) is 5.40. The molecule has 0 saturated carbocycles. The molecule has 0 amide bonds. The van der Waals surface area contributed by atoms with Crippen LogP contribution in [0.1, 0.15) is 0 Å². The average molecular weight is 411 g/mol. The maximum Gasteiger partial charge on any atom is 0.0607 e. The summed E-state index contributed by atoms with van der Waals surface area (Å²) in [5, 5.41) is 6.34. The number of nitrogens with zero attached hydrogens (tertiary/aromatic N) is 1. The molecule has 4 aromatic carbocycles. The molecule has 0 bridgehead atoms. The molecule has 0 aliphatic heterocycles. The summed E-state index contributed by atoms with van der Waals surface area (Å²) in [5.74, 6) is 0. The summed E-state index contributed by atoms with van der Waals surface area (Å²) in [6, 6.07) is 28.1. The number of aromatic nitrogens is 2. The first-order chi connectivity index (χ1) is 13.3. The van der Waals surface area contributed by atoms with Gasteiger partial charge in [-0.1, -0.05) is 52.3 Å². The molecule has 2 heterocycles. The highest BCUT2D eigenvalue weighted by Gasteiger charge is 2.13. The van der Waals surface area contributed by atoms with Gasteiger partial charge in [-0.15, -0.1) is 0 Å². The fraction of sp³-hybridized carbons (Fsp3) is 0. The maximum absolute atomic E-state index is 3.62. The molecular weight excluding hydrogens is 396 g/mol. The largest absolute Gasteiger partial charge is 0.354 e. The van der Waals surface area contributed by atoms with E-state index >= 15 is 0 Å². The molecule has 0 atom stereocenters. The van der Waals surface area contributed by atoms with Gasteiger partial charge in [-0.05, 0) is 47.9 Å². The minimum atomic E-state index is 1.10. The molecule has 27 heavy (non-hydrogen) atoms. The monoisotopic (exact) mass is 410 g/mol. The van der Waals surface area contributed by atoms with Crippen LogP contribution in [0, 0.1) is 0 Å². The number of fused-ring (bicyclic) bond motifs is 7. The van der Waals surface area contributed by atoms with Crippen LogP contribution in [0.2, 0.25) is 0 Å². The fourth-order valence-electron chi connectivity index (χ4n) is 4.21. The Hall–Kier alpha value is -3.04. The standard InChI is InChI=1S/C24H15BrN2/c25-16-7-10-21-20(14-16)23-18-8-6-15-12-13-27(17-4-2-1-3-5-17)24(15)19(18)9-11-22(23)26-21/h1-14,26H. The van der Waals surface area contributed by atoms with Crippen LogP contribution in [-0.2, 0) is 0 Å². The smallest absolute Gasteiger partial charge is 0.0607 e. The number of benzene rings is 4. The molecule has 2 nitrogen and oxygen atoms in total. The Morgan fingerprint density at radius 2 is 1.52 bits per heavy atom. The second kappa shape index (κ2) is 5.48. The number of hydrogen-bond acceptors (Lipinski definition) is 0. The number of H-pyrrole nitrogens is 1. The summed E-state index contributed by atoms with van der Waals surface area (Å²) in [5.41, 5.74) is 4.78. The van der Waals surface area contributed by atoms with Crippen molar-refractivity contribution in [2.75, 3.05) is 0 Å². The number of rotatable bonds is 1. The van der Waals surface area contributed by atoms with Crippen LogP contribution in [0.5, 0.6) is 0 Å². The minimum absolute atomic E-state index is 1.10. The Morgan fingerprint density at radius 3 is 2.41 bits per heavy atom. The third-order valence-corrected chi connectivity index (χ3v) is 5.90. The third kappa shape index (κ3) is 2.12. The quantitative estimate of drug-likeness (QED) is 0.296. The van der Waals surface area contributed by atoms with E-state index in [0.717, 1.165) is 4.47 Å². The van der Waals surface area contributed by atoms with Crippen LogP contribution < -0.4 is 0 Å². The molecule has 0 aliphatic rings. The van der Waals surface area contributed by atoms with Gasteiger partial charge in [-0.25, -0.2) is 0 Å². The highest BCUT2D eigenvalue weighted by atomic mass is 79.9. The van der Waals surface area contributed by atoms with E-state index in [9.17, 15) is 0 Å². The number of halogens is 1. The predicted octanol–water partition coefficient (Wildman–Crippen LogP) is 7.18. The topological polar surface area (TPSA) is 20.7 Å². The number of para-hydroxylation sites is 1. The van der Waals surface area contributed by atoms with E-state index in [-0.39, 0.29) is 0 Å². The van der Waals surface area contributed by atoms with Crippen molar-refractivity contribution in [2.45, 2.75) is 0 Å². The van der Waals surface area contributed by atoms with Crippen LogP contribution >= 0.6 is 15.9 Å². The summed E-state index contributed by atoms with van der Waals surface area (Å²) < 4.78 is 3.38. The van der Waals surface area contributed by atoms with Gasteiger partial charge < -0.3 is 9.55 Å². The maximum atomic E-state index is 3.62. The van der Waals surface area contributed by atoms with Crippen molar-refractivity contribution in [1.29, 1.82) is 0 Å². The number of nitrogens with one attached hydrogen (secondary N) is 1. The zero-order valence-electron chi connectivity index (χ0n) is 14.4. The zero-order chi connectivity index (χ0) is 18.0. The van der Waals surface area contributed by atoms with Gasteiger partial charge in [0.05, 0.1) is 5.52 Å². The first-order valence-electron chi connectivity index (χ1n) is 8.99. The Balaban J connectivity index is 1.81. The van der Waals surface area contributed by atoms with Gasteiger partial charge in [-0.2, -0.15) is 0 Å². The van der Waals surface area contributed by atoms with Gasteiger partial charge in [0.25, 0.3) is 0 Å². The Labute approximate surface area is 164 Å². The van der Waals surface area contributed by atoms with E-state index in [1.807, 2.05) is 0 Å². The normalized spacial score (nSPS) is 11.9. The lowest BCUT2D eigenvalue weighted by Crippen LogP contribution is -1.92. The van der Waals surface area contributed by atoms with E-state index in [0.29, 0.717) is 0 Å². The highest BCUT2D eigenvalue weighted by Crippen LogP contribution is 2.37. The summed E-state index contributed by atoms with van der Waals surface area (Å²) in [6.45, 7) is 0. The Morgan fingerprint density at radius 1 is 0.704 bits per heavy atom. The van der Waals surface area contributed by atoms with Crippen LogP contribution in [0.4, 0.5) is 0 Å². The fourth-order valence-corrected chi connectivity index (χ4v) is 4.58. The van der Waals surface area contributed by atoms with Gasteiger partial charge in [0, 0.05) is 48.9 Å². The van der Waals surface area contributed by atoms with E-state index in [1.165, 1.54) is 49.2 Å².